The lowest BCUT2D eigenvalue weighted by atomic mass is 10.1. The first kappa shape index (κ1) is 21.1. The molecule has 0 saturated carbocycles. The topological polar surface area (TPSA) is 83.0 Å². The van der Waals surface area contributed by atoms with Gasteiger partial charge < -0.3 is 15.0 Å². The van der Waals surface area contributed by atoms with Crippen molar-refractivity contribution in [3.05, 3.63) is 22.4 Å². The second kappa shape index (κ2) is 10.9. The Bertz CT molecular complexity index is 641. The monoisotopic (exact) mass is 402 g/mol. The van der Waals surface area contributed by atoms with Crippen molar-refractivity contribution in [3.8, 4) is 0 Å². The summed E-state index contributed by atoms with van der Waals surface area (Å²) in [6.45, 7) is 4.76. The summed E-state index contributed by atoms with van der Waals surface area (Å²) in [6, 6.07) is 2.08. The SMILES string of the molecule is CCNC(=NCCS(=O)(=O)NCC1CCCCO1)N(C)Cc1ccsc1. The number of nitrogens with one attached hydrogen (secondary N) is 2. The Morgan fingerprint density at radius 1 is 1.46 bits per heavy atom. The highest BCUT2D eigenvalue weighted by atomic mass is 32.2. The first-order valence-electron chi connectivity index (χ1n) is 9.09. The molecule has 0 spiro atoms. The number of nitrogens with zero attached hydrogens (tertiary/aromatic N) is 2. The Morgan fingerprint density at radius 3 is 2.96 bits per heavy atom. The fraction of sp³-hybridized carbons (Fsp3) is 0.706. The molecule has 2 N–H and O–H groups in total. The number of aliphatic imine (C=N–C) groups is 1. The van der Waals surface area contributed by atoms with Crippen LogP contribution < -0.4 is 10.0 Å². The van der Waals surface area contributed by atoms with Gasteiger partial charge in [-0.1, -0.05) is 0 Å². The minimum Gasteiger partial charge on any atom is -0.377 e. The molecule has 2 heterocycles. The van der Waals surface area contributed by atoms with E-state index in [0.29, 0.717) is 12.5 Å². The lowest BCUT2D eigenvalue weighted by Crippen LogP contribution is -2.39. The number of guanidine groups is 1. The van der Waals surface area contributed by atoms with Gasteiger partial charge >= 0.3 is 0 Å². The molecule has 0 aromatic carbocycles. The summed E-state index contributed by atoms with van der Waals surface area (Å²) in [5, 5.41) is 7.35. The van der Waals surface area contributed by atoms with Crippen molar-refractivity contribution in [2.75, 3.05) is 39.0 Å². The van der Waals surface area contributed by atoms with Crippen LogP contribution in [0.2, 0.25) is 0 Å². The van der Waals surface area contributed by atoms with Crippen molar-refractivity contribution in [1.82, 2.24) is 14.9 Å². The lowest BCUT2D eigenvalue weighted by Gasteiger charge is -2.23. The van der Waals surface area contributed by atoms with Crippen molar-refractivity contribution in [1.29, 1.82) is 0 Å². The van der Waals surface area contributed by atoms with Gasteiger partial charge in [-0.15, -0.1) is 0 Å². The lowest BCUT2D eigenvalue weighted by molar-refractivity contribution is 0.0200. The second-order valence-corrected chi connectivity index (χ2v) is 9.09. The summed E-state index contributed by atoms with van der Waals surface area (Å²) in [4.78, 5) is 6.46. The predicted octanol–water partition coefficient (Wildman–Crippen LogP) is 1.63. The van der Waals surface area contributed by atoms with Crippen LogP contribution in [0.5, 0.6) is 0 Å². The van der Waals surface area contributed by atoms with Crippen LogP contribution in [0.1, 0.15) is 31.7 Å². The van der Waals surface area contributed by atoms with Crippen LogP contribution in [0.3, 0.4) is 0 Å². The van der Waals surface area contributed by atoms with E-state index in [0.717, 1.165) is 39.0 Å². The van der Waals surface area contributed by atoms with Gasteiger partial charge in [-0.2, -0.15) is 11.3 Å². The highest BCUT2D eigenvalue weighted by Crippen LogP contribution is 2.12. The third-order valence-corrected chi connectivity index (χ3v) is 6.18. The number of rotatable bonds is 9. The molecule has 0 amide bonds. The summed E-state index contributed by atoms with van der Waals surface area (Å²) in [5.74, 6) is 0.686. The van der Waals surface area contributed by atoms with E-state index in [1.54, 1.807) is 11.3 Å². The van der Waals surface area contributed by atoms with Gasteiger partial charge in [-0.25, -0.2) is 13.1 Å². The van der Waals surface area contributed by atoms with Gasteiger partial charge in [0.25, 0.3) is 0 Å². The standard InChI is InChI=1S/C17H30N4O3S2/c1-3-18-17(21(2)13-15-7-10-25-14-15)19-8-11-26(22,23)20-12-16-6-4-5-9-24-16/h7,10,14,16,20H,3-6,8-9,11-13H2,1-2H3,(H,18,19). The molecule has 7 nitrogen and oxygen atoms in total. The highest BCUT2D eigenvalue weighted by molar-refractivity contribution is 7.89. The van der Waals surface area contributed by atoms with E-state index in [-0.39, 0.29) is 18.4 Å². The van der Waals surface area contributed by atoms with Crippen LogP contribution in [-0.4, -0.2) is 64.4 Å². The van der Waals surface area contributed by atoms with E-state index in [1.807, 2.05) is 24.3 Å². The molecule has 0 bridgehead atoms. The molecule has 1 aliphatic rings. The molecule has 0 aliphatic carbocycles. The van der Waals surface area contributed by atoms with Gasteiger partial charge in [0.2, 0.25) is 10.0 Å². The maximum atomic E-state index is 12.2. The third-order valence-electron chi connectivity index (χ3n) is 4.12. The molecule has 26 heavy (non-hydrogen) atoms. The fourth-order valence-electron chi connectivity index (χ4n) is 2.73. The first-order chi connectivity index (χ1) is 12.5. The summed E-state index contributed by atoms with van der Waals surface area (Å²) in [5.41, 5.74) is 1.21. The van der Waals surface area contributed by atoms with E-state index >= 15 is 0 Å². The van der Waals surface area contributed by atoms with Crippen LogP contribution in [0.4, 0.5) is 0 Å². The number of sulfonamides is 1. The van der Waals surface area contributed by atoms with Crippen LogP contribution >= 0.6 is 11.3 Å². The second-order valence-electron chi connectivity index (χ2n) is 6.38. The molecule has 1 aliphatic heterocycles. The number of hydrogen-bond acceptors (Lipinski definition) is 5. The first-order valence-corrected chi connectivity index (χ1v) is 11.7. The zero-order chi connectivity index (χ0) is 18.8. The average molecular weight is 403 g/mol. The molecular formula is C17H30N4O3S2. The average Bonchev–Trinajstić information content (AvgIpc) is 3.13. The summed E-state index contributed by atoms with van der Waals surface area (Å²) >= 11 is 1.66. The Kier molecular flexibility index (Phi) is 8.83. The molecule has 9 heteroatoms. The summed E-state index contributed by atoms with van der Waals surface area (Å²) in [7, 11) is -1.40. The number of ether oxygens (including phenoxy) is 1. The largest absolute Gasteiger partial charge is 0.377 e. The fourth-order valence-corrected chi connectivity index (χ4v) is 4.31. The Labute approximate surface area is 160 Å². The van der Waals surface area contributed by atoms with Crippen molar-refractivity contribution in [2.24, 2.45) is 4.99 Å². The maximum Gasteiger partial charge on any atom is 0.213 e. The van der Waals surface area contributed by atoms with Crippen molar-refractivity contribution in [2.45, 2.75) is 38.8 Å². The van der Waals surface area contributed by atoms with Crippen LogP contribution in [0.25, 0.3) is 0 Å². The van der Waals surface area contributed by atoms with E-state index < -0.39 is 10.0 Å². The molecule has 1 aromatic rings. The van der Waals surface area contributed by atoms with Crippen molar-refractivity contribution >= 4 is 27.3 Å². The van der Waals surface area contributed by atoms with E-state index in [2.05, 4.69) is 26.5 Å². The van der Waals surface area contributed by atoms with Crippen LogP contribution in [0, 0.1) is 0 Å². The smallest absolute Gasteiger partial charge is 0.213 e. The molecule has 2 rings (SSSR count). The molecule has 0 radical (unpaired) electrons. The van der Waals surface area contributed by atoms with E-state index in [1.165, 1.54) is 5.56 Å². The molecule has 1 unspecified atom stereocenters. The molecule has 148 valence electrons. The molecule has 1 saturated heterocycles. The minimum atomic E-state index is -3.35. The zero-order valence-corrected chi connectivity index (χ0v) is 17.2. The molecule has 1 fully saturated rings. The Morgan fingerprint density at radius 2 is 2.31 bits per heavy atom. The van der Waals surface area contributed by atoms with Crippen molar-refractivity contribution in [3.63, 3.8) is 0 Å². The van der Waals surface area contributed by atoms with Gasteiger partial charge in [0.05, 0.1) is 18.4 Å². The molecule has 1 atom stereocenters. The van der Waals surface area contributed by atoms with E-state index in [9.17, 15) is 8.42 Å². The van der Waals surface area contributed by atoms with Crippen molar-refractivity contribution < 1.29 is 13.2 Å². The molecular weight excluding hydrogens is 372 g/mol. The Hall–Kier alpha value is -1.16. The van der Waals surface area contributed by atoms with Gasteiger partial charge in [-0.05, 0) is 48.6 Å². The quantitative estimate of drug-likeness (QED) is 0.485. The predicted molar refractivity (Wildman–Crippen MR) is 107 cm³/mol. The minimum absolute atomic E-state index is 0.00362. The Balaban J connectivity index is 1.81. The van der Waals surface area contributed by atoms with Gasteiger partial charge in [0.1, 0.15) is 0 Å². The zero-order valence-electron chi connectivity index (χ0n) is 15.6. The summed E-state index contributed by atoms with van der Waals surface area (Å²) in [6.07, 6.45) is 3.07. The summed E-state index contributed by atoms with van der Waals surface area (Å²) < 4.78 is 32.5. The van der Waals surface area contributed by atoms with Gasteiger partial charge in [0, 0.05) is 33.3 Å². The highest BCUT2D eigenvalue weighted by Gasteiger charge is 2.17. The van der Waals surface area contributed by atoms with E-state index in [4.69, 9.17) is 4.74 Å². The molecule has 1 aromatic heterocycles. The normalized spacial score (nSPS) is 18.7. The van der Waals surface area contributed by atoms with Gasteiger partial charge in [-0.3, -0.25) is 4.99 Å². The van der Waals surface area contributed by atoms with Gasteiger partial charge in [0.15, 0.2) is 5.96 Å². The number of thiophene rings is 1. The number of hydrogen-bond donors (Lipinski definition) is 2. The van der Waals surface area contributed by atoms with Crippen LogP contribution in [-0.2, 0) is 21.3 Å². The van der Waals surface area contributed by atoms with Crippen LogP contribution in [0.15, 0.2) is 21.8 Å². The maximum absolute atomic E-state index is 12.2. The third kappa shape index (κ3) is 7.61.